The van der Waals surface area contributed by atoms with Gasteiger partial charge in [-0.15, -0.1) is 6.42 Å². The maximum atomic E-state index is 16.7. The van der Waals surface area contributed by atoms with Crippen LogP contribution in [0.1, 0.15) is 37.7 Å². The van der Waals surface area contributed by atoms with Crippen LogP contribution in [-0.4, -0.2) is 80.7 Å². The van der Waals surface area contributed by atoms with Crippen LogP contribution in [0.15, 0.2) is 24.3 Å². The summed E-state index contributed by atoms with van der Waals surface area (Å²) in [5.74, 6) is 0.619. The smallest absolute Gasteiger partial charge is 0.319 e. The Balaban J connectivity index is 1.41. The fourth-order valence-corrected chi connectivity index (χ4v) is 6.84. The fourth-order valence-electron chi connectivity index (χ4n) is 6.84. The third-order valence-corrected chi connectivity index (χ3v) is 9.17. The van der Waals surface area contributed by atoms with E-state index in [0.29, 0.717) is 31.2 Å². The molecule has 7 rings (SSSR count). The maximum absolute atomic E-state index is 16.7. The molecular weight excluding hydrogens is 575 g/mol. The van der Waals surface area contributed by atoms with E-state index in [9.17, 15) is 19.0 Å². The number of aliphatic hydroxyl groups excluding tert-OH is 1. The zero-order valence-corrected chi connectivity index (χ0v) is 23.9. The van der Waals surface area contributed by atoms with Gasteiger partial charge in [0.15, 0.2) is 5.82 Å². The van der Waals surface area contributed by atoms with Crippen molar-refractivity contribution in [2.45, 2.75) is 56.0 Å². The molecule has 3 fully saturated rings. The standard InChI is InChI=1S/C32H30F3N5O4/c1-3-19-21(34)6-5-16-11-18(41)12-20(24(16)19)27-26(35)28-25(30(37-27)43-2)29(36-22-7-8-23(22)42)39-31(38-28)44-15-32-9-4-10-40(32)14-17(33)13-32/h1,5-6,11-12,17,22-23,41-42H,4,7-10,13-15H2,2H3,(H,36,38,39)/t17-,22+,23+,32+/m1/s1. The number of nitrogens with one attached hydrogen (secondary N) is 1. The minimum Gasteiger partial charge on any atom is -0.508 e. The van der Waals surface area contributed by atoms with Gasteiger partial charge in [0.2, 0.25) is 5.88 Å². The minimum atomic E-state index is -0.959. The summed E-state index contributed by atoms with van der Waals surface area (Å²) in [5.41, 5.74) is -1.07. The Labute approximate surface area is 251 Å². The Morgan fingerprint density at radius 1 is 1.18 bits per heavy atom. The van der Waals surface area contributed by atoms with E-state index >= 15 is 4.39 Å². The van der Waals surface area contributed by atoms with Crippen LogP contribution in [0.4, 0.5) is 19.0 Å². The van der Waals surface area contributed by atoms with Gasteiger partial charge in [-0.2, -0.15) is 9.97 Å². The number of alkyl halides is 1. The van der Waals surface area contributed by atoms with E-state index in [2.05, 4.69) is 31.1 Å². The Kier molecular flexibility index (Phi) is 6.90. The summed E-state index contributed by atoms with van der Waals surface area (Å²) in [6.07, 6.45) is 7.32. The lowest BCUT2D eigenvalue weighted by Crippen LogP contribution is -2.44. The zero-order valence-electron chi connectivity index (χ0n) is 23.9. The van der Waals surface area contributed by atoms with E-state index in [4.69, 9.17) is 15.9 Å². The number of nitrogens with zero attached hydrogens (tertiary/aromatic N) is 4. The second-order valence-electron chi connectivity index (χ2n) is 11.8. The largest absolute Gasteiger partial charge is 0.508 e. The number of halogens is 3. The van der Waals surface area contributed by atoms with Crippen molar-refractivity contribution in [2.24, 2.45) is 0 Å². The maximum Gasteiger partial charge on any atom is 0.319 e. The Morgan fingerprint density at radius 3 is 2.75 bits per heavy atom. The van der Waals surface area contributed by atoms with Gasteiger partial charge in [0.05, 0.1) is 30.4 Å². The Hall–Kier alpha value is -4.34. The van der Waals surface area contributed by atoms with Crippen LogP contribution in [0.3, 0.4) is 0 Å². The van der Waals surface area contributed by atoms with E-state index in [1.54, 1.807) is 0 Å². The van der Waals surface area contributed by atoms with Gasteiger partial charge in [-0.1, -0.05) is 12.0 Å². The van der Waals surface area contributed by atoms with Gasteiger partial charge >= 0.3 is 6.01 Å². The van der Waals surface area contributed by atoms with Gasteiger partial charge in [-0.05, 0) is 55.8 Å². The lowest BCUT2D eigenvalue weighted by atomic mass is 9.89. The van der Waals surface area contributed by atoms with Crippen LogP contribution in [-0.2, 0) is 0 Å². The molecule has 4 atom stereocenters. The quantitative estimate of drug-likeness (QED) is 0.258. The summed E-state index contributed by atoms with van der Waals surface area (Å²) in [7, 11) is 1.35. The number of aromatic hydroxyl groups is 1. The first kappa shape index (κ1) is 28.4. The molecule has 12 heteroatoms. The van der Waals surface area contributed by atoms with Gasteiger partial charge in [0.1, 0.15) is 46.8 Å². The highest BCUT2D eigenvalue weighted by Crippen LogP contribution is 2.43. The number of fused-ring (bicyclic) bond motifs is 3. The van der Waals surface area contributed by atoms with Crippen LogP contribution < -0.4 is 14.8 Å². The highest BCUT2D eigenvalue weighted by atomic mass is 19.1. The van der Waals surface area contributed by atoms with E-state index in [0.717, 1.165) is 19.4 Å². The SMILES string of the molecule is C#Cc1c(F)ccc2cc(O)cc(-c3nc(OC)c4c(N[C@H]5CC[C@@H]5O)nc(OC[C@@]56CCCN5C[C@H](F)C6)nc4c3F)c12. The molecule has 0 radical (unpaired) electrons. The lowest BCUT2D eigenvalue weighted by Gasteiger charge is -2.34. The average Bonchev–Trinajstić information content (AvgIpc) is 3.53. The monoisotopic (exact) mass is 605 g/mol. The first-order valence-corrected chi connectivity index (χ1v) is 14.6. The molecule has 3 aliphatic rings. The summed E-state index contributed by atoms with van der Waals surface area (Å²) < 4.78 is 57.6. The molecule has 2 aromatic heterocycles. The number of benzene rings is 2. The van der Waals surface area contributed by atoms with Gasteiger partial charge in [-0.25, -0.2) is 18.2 Å². The second-order valence-corrected chi connectivity index (χ2v) is 11.8. The lowest BCUT2D eigenvalue weighted by molar-refractivity contribution is 0.0783. The molecule has 44 heavy (non-hydrogen) atoms. The summed E-state index contributed by atoms with van der Waals surface area (Å²) in [5, 5.41) is 24.6. The van der Waals surface area contributed by atoms with Crippen molar-refractivity contribution in [1.82, 2.24) is 19.9 Å². The number of anilines is 1. The van der Waals surface area contributed by atoms with Crippen LogP contribution in [0.2, 0.25) is 0 Å². The molecule has 9 nitrogen and oxygen atoms in total. The summed E-state index contributed by atoms with van der Waals surface area (Å²) in [6, 6.07) is 4.76. The Bertz CT molecular complexity index is 1850. The minimum absolute atomic E-state index is 0.0376. The first-order valence-electron chi connectivity index (χ1n) is 14.6. The van der Waals surface area contributed by atoms with E-state index in [1.165, 1.54) is 31.4 Å². The molecule has 2 saturated heterocycles. The predicted octanol–water partition coefficient (Wildman–Crippen LogP) is 4.71. The molecule has 0 bridgehead atoms. The van der Waals surface area contributed by atoms with E-state index in [-0.39, 0.29) is 69.2 Å². The molecule has 2 aliphatic heterocycles. The number of hydrogen-bond acceptors (Lipinski definition) is 9. The third kappa shape index (κ3) is 4.53. The molecule has 1 saturated carbocycles. The zero-order chi connectivity index (χ0) is 30.7. The van der Waals surface area contributed by atoms with Gasteiger partial charge in [0.25, 0.3) is 0 Å². The van der Waals surface area contributed by atoms with E-state index in [1.807, 2.05) is 0 Å². The fraction of sp³-hybridized carbons (Fsp3) is 0.406. The molecule has 0 unspecified atom stereocenters. The van der Waals surface area contributed by atoms with Gasteiger partial charge in [-0.3, -0.25) is 4.90 Å². The number of methoxy groups -OCH3 is 1. The van der Waals surface area contributed by atoms with Crippen molar-refractivity contribution in [3.8, 4) is 41.2 Å². The van der Waals surface area contributed by atoms with Crippen LogP contribution >= 0.6 is 0 Å². The van der Waals surface area contributed by atoms with Crippen molar-refractivity contribution in [3.63, 3.8) is 0 Å². The summed E-state index contributed by atoms with van der Waals surface area (Å²) >= 11 is 0. The topological polar surface area (TPSA) is 113 Å². The highest BCUT2D eigenvalue weighted by molar-refractivity contribution is 6.04. The molecule has 2 aromatic carbocycles. The molecule has 228 valence electrons. The normalized spacial score (nSPS) is 24.7. The molecular formula is C32H30F3N5O4. The van der Waals surface area contributed by atoms with Crippen LogP contribution in [0, 0.1) is 24.0 Å². The summed E-state index contributed by atoms with van der Waals surface area (Å²) in [6.45, 7) is 1.23. The molecule has 4 heterocycles. The van der Waals surface area contributed by atoms with Gasteiger partial charge in [0, 0.05) is 23.9 Å². The number of pyridine rings is 1. The summed E-state index contributed by atoms with van der Waals surface area (Å²) in [4.78, 5) is 15.5. The van der Waals surface area contributed by atoms with E-state index < -0.39 is 29.4 Å². The first-order chi connectivity index (χ1) is 21.2. The second kappa shape index (κ2) is 10.7. The van der Waals surface area contributed by atoms with Gasteiger partial charge < -0.3 is 25.0 Å². The molecule has 0 spiro atoms. The number of aliphatic hydroxyl groups is 1. The number of phenols is 1. The average molecular weight is 606 g/mol. The Morgan fingerprint density at radius 2 is 2.02 bits per heavy atom. The van der Waals surface area contributed by atoms with Crippen LogP contribution in [0.25, 0.3) is 32.9 Å². The van der Waals surface area contributed by atoms with Crippen LogP contribution in [0.5, 0.6) is 17.6 Å². The molecule has 0 amide bonds. The number of rotatable bonds is 7. The molecule has 4 aromatic rings. The van der Waals surface area contributed by atoms with Crippen molar-refractivity contribution in [2.75, 3.05) is 32.1 Å². The van der Waals surface area contributed by atoms with Crippen molar-refractivity contribution >= 4 is 27.5 Å². The number of phenolic OH excluding ortho intramolecular Hbond substituents is 1. The molecule has 3 N–H and O–H groups in total. The predicted molar refractivity (Wildman–Crippen MR) is 158 cm³/mol. The van der Waals surface area contributed by atoms with Crippen molar-refractivity contribution in [3.05, 3.63) is 41.5 Å². The van der Waals surface area contributed by atoms with Crippen molar-refractivity contribution in [1.29, 1.82) is 0 Å². The third-order valence-electron chi connectivity index (χ3n) is 9.17. The highest BCUT2D eigenvalue weighted by Gasteiger charge is 2.49. The number of hydrogen-bond donors (Lipinski definition) is 3. The number of terminal acetylenes is 1. The number of ether oxygens (including phenoxy) is 2. The van der Waals surface area contributed by atoms with Crippen molar-refractivity contribution < 1.29 is 32.9 Å². The number of aromatic nitrogens is 3. The molecule has 1 aliphatic carbocycles.